The molecule has 0 aliphatic carbocycles. The molecule has 3 N–H and O–H groups in total. The Bertz CT molecular complexity index is 447. The number of aryl methyl sites for hydroxylation is 1. The summed E-state index contributed by atoms with van der Waals surface area (Å²) < 4.78 is 5.09. The molecule has 5 nitrogen and oxygen atoms in total. The lowest BCUT2D eigenvalue weighted by Crippen LogP contribution is -2.37. The molecule has 5 heteroatoms. The number of carbonyl (C=O) groups is 1. The van der Waals surface area contributed by atoms with E-state index in [1.807, 2.05) is 30.0 Å². The SMILES string of the molecule is COCCN(CC(C)C)C(=O)c1cc(C)ccc1NN. The predicted molar refractivity (Wildman–Crippen MR) is 81.6 cm³/mol. The minimum absolute atomic E-state index is 0.0209. The lowest BCUT2D eigenvalue weighted by Gasteiger charge is -2.25. The third-order valence-electron chi connectivity index (χ3n) is 3.00. The molecule has 0 aliphatic heterocycles. The van der Waals surface area contributed by atoms with Gasteiger partial charge in [0, 0.05) is 20.2 Å². The minimum atomic E-state index is -0.0209. The van der Waals surface area contributed by atoms with Crippen LogP contribution >= 0.6 is 0 Å². The number of hydrogen-bond acceptors (Lipinski definition) is 4. The van der Waals surface area contributed by atoms with Crippen molar-refractivity contribution in [2.45, 2.75) is 20.8 Å². The molecule has 1 amide bonds. The fourth-order valence-electron chi connectivity index (χ4n) is 2.05. The summed E-state index contributed by atoms with van der Waals surface area (Å²) in [5.41, 5.74) is 4.87. The van der Waals surface area contributed by atoms with Crippen LogP contribution in [0.3, 0.4) is 0 Å². The average Bonchev–Trinajstić information content (AvgIpc) is 2.42. The van der Waals surface area contributed by atoms with Crippen molar-refractivity contribution in [3.05, 3.63) is 29.3 Å². The summed E-state index contributed by atoms with van der Waals surface area (Å²) in [6.07, 6.45) is 0. The van der Waals surface area contributed by atoms with E-state index in [2.05, 4.69) is 19.3 Å². The van der Waals surface area contributed by atoms with Crippen molar-refractivity contribution in [1.29, 1.82) is 0 Å². The van der Waals surface area contributed by atoms with E-state index in [1.54, 1.807) is 7.11 Å². The molecule has 0 aromatic heterocycles. The van der Waals surface area contributed by atoms with Gasteiger partial charge >= 0.3 is 0 Å². The van der Waals surface area contributed by atoms with E-state index in [1.165, 1.54) is 0 Å². The van der Waals surface area contributed by atoms with Crippen LogP contribution in [-0.2, 0) is 4.74 Å². The number of nitrogens with one attached hydrogen (secondary N) is 1. The van der Waals surface area contributed by atoms with Gasteiger partial charge in [0.05, 0.1) is 17.9 Å². The Morgan fingerprint density at radius 2 is 2.15 bits per heavy atom. The first kappa shape index (κ1) is 16.5. The molecular formula is C15H25N3O2. The Morgan fingerprint density at radius 1 is 1.45 bits per heavy atom. The first-order valence-electron chi connectivity index (χ1n) is 6.85. The average molecular weight is 279 g/mol. The maximum absolute atomic E-state index is 12.7. The van der Waals surface area contributed by atoms with Gasteiger partial charge in [-0.1, -0.05) is 25.5 Å². The van der Waals surface area contributed by atoms with E-state index in [0.717, 1.165) is 5.56 Å². The van der Waals surface area contributed by atoms with Crippen LogP contribution in [-0.4, -0.2) is 37.6 Å². The molecule has 112 valence electrons. The summed E-state index contributed by atoms with van der Waals surface area (Å²) in [6.45, 7) is 7.93. The zero-order chi connectivity index (χ0) is 15.1. The molecule has 0 saturated heterocycles. The number of carbonyl (C=O) groups excluding carboxylic acids is 1. The summed E-state index contributed by atoms with van der Waals surface area (Å²) in [6, 6.07) is 5.61. The third kappa shape index (κ3) is 4.51. The van der Waals surface area contributed by atoms with Crippen molar-refractivity contribution in [3.8, 4) is 0 Å². The molecule has 0 heterocycles. The number of anilines is 1. The summed E-state index contributed by atoms with van der Waals surface area (Å²) in [4.78, 5) is 14.5. The quantitative estimate of drug-likeness (QED) is 0.592. The summed E-state index contributed by atoms with van der Waals surface area (Å²) >= 11 is 0. The molecule has 0 atom stereocenters. The Labute approximate surface area is 121 Å². The number of nitrogens with zero attached hydrogens (tertiary/aromatic N) is 1. The van der Waals surface area contributed by atoms with Crippen LogP contribution < -0.4 is 11.3 Å². The number of rotatable bonds is 7. The topological polar surface area (TPSA) is 67.6 Å². The van der Waals surface area contributed by atoms with E-state index in [4.69, 9.17) is 10.6 Å². The zero-order valence-electron chi connectivity index (χ0n) is 12.8. The largest absolute Gasteiger partial charge is 0.383 e. The molecule has 1 aromatic rings. The number of nitrogen functional groups attached to an aromatic ring is 1. The number of ether oxygens (including phenoxy) is 1. The highest BCUT2D eigenvalue weighted by Crippen LogP contribution is 2.19. The number of methoxy groups -OCH3 is 1. The predicted octanol–water partition coefficient (Wildman–Crippen LogP) is 2.03. The molecule has 0 bridgehead atoms. The van der Waals surface area contributed by atoms with Crippen LogP contribution in [0.1, 0.15) is 29.8 Å². The number of benzene rings is 1. The van der Waals surface area contributed by atoms with Crippen molar-refractivity contribution in [2.24, 2.45) is 11.8 Å². The second-order valence-corrected chi connectivity index (χ2v) is 5.33. The van der Waals surface area contributed by atoms with Gasteiger partial charge in [-0.3, -0.25) is 10.6 Å². The van der Waals surface area contributed by atoms with Crippen LogP contribution in [0.5, 0.6) is 0 Å². The first-order chi connectivity index (χ1) is 9.49. The zero-order valence-corrected chi connectivity index (χ0v) is 12.8. The van der Waals surface area contributed by atoms with Crippen LogP contribution in [0.15, 0.2) is 18.2 Å². The van der Waals surface area contributed by atoms with Gasteiger partial charge in [0.15, 0.2) is 0 Å². The monoisotopic (exact) mass is 279 g/mol. The summed E-state index contributed by atoms with van der Waals surface area (Å²) in [7, 11) is 1.64. The second-order valence-electron chi connectivity index (χ2n) is 5.33. The highest BCUT2D eigenvalue weighted by atomic mass is 16.5. The number of hydrazine groups is 1. The van der Waals surface area contributed by atoms with Gasteiger partial charge in [0.25, 0.3) is 5.91 Å². The first-order valence-corrected chi connectivity index (χ1v) is 6.85. The Balaban J connectivity index is 3.00. The van der Waals surface area contributed by atoms with Crippen molar-refractivity contribution < 1.29 is 9.53 Å². The molecule has 0 aliphatic rings. The van der Waals surface area contributed by atoms with Gasteiger partial charge in [0.1, 0.15) is 0 Å². The molecule has 0 fully saturated rings. The van der Waals surface area contributed by atoms with E-state index >= 15 is 0 Å². The van der Waals surface area contributed by atoms with Crippen molar-refractivity contribution in [1.82, 2.24) is 4.90 Å². The van der Waals surface area contributed by atoms with Crippen LogP contribution in [0.25, 0.3) is 0 Å². The van der Waals surface area contributed by atoms with E-state index < -0.39 is 0 Å². The molecular weight excluding hydrogens is 254 g/mol. The normalized spacial score (nSPS) is 10.7. The number of nitrogens with two attached hydrogens (primary N) is 1. The van der Waals surface area contributed by atoms with Crippen molar-refractivity contribution in [2.75, 3.05) is 32.2 Å². The molecule has 1 aromatic carbocycles. The Morgan fingerprint density at radius 3 is 2.70 bits per heavy atom. The highest BCUT2D eigenvalue weighted by Gasteiger charge is 2.19. The smallest absolute Gasteiger partial charge is 0.256 e. The van der Waals surface area contributed by atoms with Gasteiger partial charge in [-0.05, 0) is 25.0 Å². The third-order valence-corrected chi connectivity index (χ3v) is 3.00. The van der Waals surface area contributed by atoms with Crippen molar-refractivity contribution in [3.63, 3.8) is 0 Å². The van der Waals surface area contributed by atoms with Gasteiger partial charge in [-0.2, -0.15) is 0 Å². The molecule has 0 radical (unpaired) electrons. The minimum Gasteiger partial charge on any atom is -0.383 e. The van der Waals surface area contributed by atoms with Gasteiger partial charge < -0.3 is 15.1 Å². The fourth-order valence-corrected chi connectivity index (χ4v) is 2.05. The van der Waals surface area contributed by atoms with Gasteiger partial charge in [-0.15, -0.1) is 0 Å². The van der Waals surface area contributed by atoms with Crippen LogP contribution in [0, 0.1) is 12.8 Å². The van der Waals surface area contributed by atoms with E-state index in [9.17, 15) is 4.79 Å². The van der Waals surface area contributed by atoms with Crippen LogP contribution in [0.4, 0.5) is 5.69 Å². The van der Waals surface area contributed by atoms with E-state index in [-0.39, 0.29) is 5.91 Å². The lowest BCUT2D eigenvalue weighted by atomic mass is 10.1. The maximum Gasteiger partial charge on any atom is 0.256 e. The van der Waals surface area contributed by atoms with E-state index in [0.29, 0.717) is 36.9 Å². The molecule has 1 rings (SSSR count). The van der Waals surface area contributed by atoms with Crippen molar-refractivity contribution >= 4 is 11.6 Å². The Kier molecular flexibility index (Phi) is 6.48. The highest BCUT2D eigenvalue weighted by molar-refractivity contribution is 5.99. The molecule has 20 heavy (non-hydrogen) atoms. The Hall–Kier alpha value is -1.59. The lowest BCUT2D eigenvalue weighted by molar-refractivity contribution is 0.0673. The number of amides is 1. The summed E-state index contributed by atoms with van der Waals surface area (Å²) in [5, 5.41) is 0. The maximum atomic E-state index is 12.7. The van der Waals surface area contributed by atoms with Gasteiger partial charge in [0.2, 0.25) is 0 Å². The molecule has 0 saturated carbocycles. The standard InChI is InChI=1S/C15H25N3O2/c1-11(2)10-18(7-8-20-4)15(19)13-9-12(3)5-6-14(13)17-16/h5-6,9,11,17H,7-8,10,16H2,1-4H3. The van der Waals surface area contributed by atoms with Gasteiger partial charge in [-0.25, -0.2) is 0 Å². The number of hydrogen-bond donors (Lipinski definition) is 2. The van der Waals surface area contributed by atoms with Crippen LogP contribution in [0.2, 0.25) is 0 Å². The molecule has 0 unspecified atom stereocenters. The summed E-state index contributed by atoms with van der Waals surface area (Å²) in [5.74, 6) is 5.87. The molecule has 0 spiro atoms. The second kappa shape index (κ2) is 7.87. The fraction of sp³-hybridized carbons (Fsp3) is 0.533.